The van der Waals surface area contributed by atoms with Gasteiger partial charge in [-0.25, -0.2) is 0 Å². The number of anilines is 2. The topological polar surface area (TPSA) is 105 Å². The molecular formula is C31H39N7O2. The van der Waals surface area contributed by atoms with Crippen LogP contribution >= 0.6 is 0 Å². The molecule has 9 heteroatoms. The van der Waals surface area contributed by atoms with Crippen molar-refractivity contribution in [1.82, 2.24) is 24.6 Å². The average Bonchev–Trinajstić information content (AvgIpc) is 3.58. The number of fused-ring (bicyclic) bond motifs is 1. The lowest BCUT2D eigenvalue weighted by Crippen LogP contribution is -2.38. The van der Waals surface area contributed by atoms with Crippen molar-refractivity contribution >= 4 is 34.8 Å². The molecule has 0 bridgehead atoms. The number of carbonyl (C=O) groups excluding carboxylic acids is 2. The van der Waals surface area contributed by atoms with Gasteiger partial charge in [-0.15, -0.1) is 0 Å². The lowest BCUT2D eigenvalue weighted by Gasteiger charge is -2.25. The fraction of sp³-hybridized carbons (Fsp3) is 0.452. The molecule has 210 valence electrons. The highest BCUT2D eigenvalue weighted by Crippen LogP contribution is 2.44. The number of hydrogen-bond donors (Lipinski definition) is 2. The van der Waals surface area contributed by atoms with E-state index in [-0.39, 0.29) is 11.8 Å². The summed E-state index contributed by atoms with van der Waals surface area (Å²) >= 11 is 0. The maximum absolute atomic E-state index is 13.3. The SMILES string of the molecule is CCC(C)/C(=C\c1cc(C(=O)Nc2cc(NC(=O)CN3CCC4CC4C3)cnc2C)cnc1C)c1cnn(C)c1. The van der Waals surface area contributed by atoms with Gasteiger partial charge in [0.25, 0.3) is 5.91 Å². The van der Waals surface area contributed by atoms with Crippen molar-refractivity contribution in [1.29, 1.82) is 0 Å². The standard InChI is InChI=1S/C31H39N7O2/c1-6-19(2)28(26-14-34-37(5)16-26)11-23-10-24(13-32-20(23)3)31(40)36-29-12-27(15-33-21(29)4)35-30(39)18-38-8-7-22-9-25(22)17-38/h10-16,19,22,25H,6-9,17-18H2,1-5H3,(H,35,39)(H,36,40)/b28-11+. The van der Waals surface area contributed by atoms with E-state index in [2.05, 4.69) is 50.5 Å². The number of pyridine rings is 2. The number of piperidine rings is 1. The largest absolute Gasteiger partial charge is 0.324 e. The van der Waals surface area contributed by atoms with Crippen LogP contribution in [0.15, 0.2) is 36.9 Å². The molecule has 1 aliphatic carbocycles. The Balaban J connectivity index is 1.30. The lowest BCUT2D eigenvalue weighted by molar-refractivity contribution is -0.117. The van der Waals surface area contributed by atoms with Crippen molar-refractivity contribution in [3.05, 3.63) is 65.0 Å². The highest BCUT2D eigenvalue weighted by Gasteiger charge is 2.41. The van der Waals surface area contributed by atoms with Crippen molar-refractivity contribution in [2.45, 2.75) is 47.0 Å². The number of carbonyl (C=O) groups is 2. The van der Waals surface area contributed by atoms with Crippen LogP contribution in [0.5, 0.6) is 0 Å². The van der Waals surface area contributed by atoms with Crippen LogP contribution in [0.3, 0.4) is 0 Å². The molecular weight excluding hydrogens is 502 g/mol. The zero-order valence-electron chi connectivity index (χ0n) is 24.1. The van der Waals surface area contributed by atoms with Crippen LogP contribution in [0.4, 0.5) is 11.4 Å². The van der Waals surface area contributed by atoms with Gasteiger partial charge in [-0.2, -0.15) is 5.10 Å². The Kier molecular flexibility index (Phi) is 8.12. The van der Waals surface area contributed by atoms with Crippen LogP contribution in [0.2, 0.25) is 0 Å². The number of amides is 2. The van der Waals surface area contributed by atoms with Crippen molar-refractivity contribution in [3.63, 3.8) is 0 Å². The van der Waals surface area contributed by atoms with Crippen LogP contribution in [0, 0.1) is 31.6 Å². The molecule has 2 amide bonds. The Morgan fingerprint density at radius 1 is 1.07 bits per heavy atom. The van der Waals surface area contributed by atoms with Crippen LogP contribution in [0.1, 0.15) is 66.0 Å². The monoisotopic (exact) mass is 541 g/mol. The molecule has 2 aliphatic rings. The summed E-state index contributed by atoms with van der Waals surface area (Å²) in [5.74, 6) is 1.62. The Bertz CT molecular complexity index is 1440. The number of aromatic nitrogens is 4. The van der Waals surface area contributed by atoms with Crippen LogP contribution in [-0.4, -0.2) is 56.1 Å². The molecule has 1 saturated carbocycles. The summed E-state index contributed by atoms with van der Waals surface area (Å²) in [4.78, 5) is 37.1. The molecule has 0 radical (unpaired) electrons. The van der Waals surface area contributed by atoms with Crippen molar-refractivity contribution in [2.75, 3.05) is 30.3 Å². The smallest absolute Gasteiger partial charge is 0.257 e. The van der Waals surface area contributed by atoms with Crippen LogP contribution in [0.25, 0.3) is 11.6 Å². The van der Waals surface area contributed by atoms with E-state index in [0.29, 0.717) is 35.1 Å². The summed E-state index contributed by atoms with van der Waals surface area (Å²) in [6, 6.07) is 3.63. The van der Waals surface area contributed by atoms with E-state index in [1.165, 1.54) is 12.8 Å². The van der Waals surface area contributed by atoms with Gasteiger partial charge in [0.05, 0.1) is 41.6 Å². The van der Waals surface area contributed by atoms with Gasteiger partial charge in [-0.1, -0.05) is 13.8 Å². The summed E-state index contributed by atoms with van der Waals surface area (Å²) in [6.07, 6.45) is 12.7. The lowest BCUT2D eigenvalue weighted by atomic mass is 9.91. The molecule has 40 heavy (non-hydrogen) atoms. The second-order valence-electron chi connectivity index (χ2n) is 11.3. The summed E-state index contributed by atoms with van der Waals surface area (Å²) in [5, 5.41) is 10.3. The molecule has 2 N–H and O–H groups in total. The van der Waals surface area contributed by atoms with E-state index in [0.717, 1.165) is 53.7 Å². The molecule has 2 fully saturated rings. The van der Waals surface area contributed by atoms with Crippen LogP contribution < -0.4 is 10.6 Å². The molecule has 3 aromatic rings. The van der Waals surface area contributed by atoms with Crippen molar-refractivity contribution in [3.8, 4) is 0 Å². The number of allylic oxidation sites excluding steroid dienone is 1. The molecule has 0 aromatic carbocycles. The number of likely N-dealkylation sites (tertiary alicyclic amines) is 1. The molecule has 9 nitrogen and oxygen atoms in total. The van der Waals surface area contributed by atoms with E-state index in [1.54, 1.807) is 23.1 Å². The Labute approximate surface area is 236 Å². The number of rotatable bonds is 9. The van der Waals surface area contributed by atoms with Gasteiger partial charge in [0, 0.05) is 37.2 Å². The van der Waals surface area contributed by atoms with Gasteiger partial charge in [0.15, 0.2) is 0 Å². The summed E-state index contributed by atoms with van der Waals surface area (Å²) in [6.45, 7) is 10.5. The van der Waals surface area contributed by atoms with Gasteiger partial charge in [-0.3, -0.25) is 29.1 Å². The highest BCUT2D eigenvalue weighted by atomic mass is 16.2. The first-order chi connectivity index (χ1) is 19.2. The molecule has 3 unspecified atom stereocenters. The van der Waals surface area contributed by atoms with Gasteiger partial charge >= 0.3 is 0 Å². The van der Waals surface area contributed by atoms with Gasteiger partial charge in [0.2, 0.25) is 5.91 Å². The Morgan fingerprint density at radius 3 is 2.60 bits per heavy atom. The maximum Gasteiger partial charge on any atom is 0.257 e. The molecule has 0 spiro atoms. The first-order valence-electron chi connectivity index (χ1n) is 14.2. The first-order valence-corrected chi connectivity index (χ1v) is 14.2. The molecule has 3 atom stereocenters. The molecule has 5 rings (SSSR count). The van der Waals surface area contributed by atoms with Crippen molar-refractivity contribution < 1.29 is 9.59 Å². The van der Waals surface area contributed by atoms with E-state index < -0.39 is 0 Å². The fourth-order valence-corrected chi connectivity index (χ4v) is 5.42. The van der Waals surface area contributed by atoms with E-state index in [1.807, 2.05) is 39.4 Å². The maximum atomic E-state index is 13.3. The zero-order valence-corrected chi connectivity index (χ0v) is 24.1. The summed E-state index contributed by atoms with van der Waals surface area (Å²) in [5.41, 5.74) is 6.17. The Morgan fingerprint density at radius 2 is 1.88 bits per heavy atom. The van der Waals surface area contributed by atoms with E-state index in [9.17, 15) is 9.59 Å². The predicted octanol–water partition coefficient (Wildman–Crippen LogP) is 4.95. The Hall–Kier alpha value is -3.85. The van der Waals surface area contributed by atoms with Crippen LogP contribution in [-0.2, 0) is 11.8 Å². The first kappa shape index (κ1) is 27.7. The normalized spacial score (nSPS) is 19.6. The summed E-state index contributed by atoms with van der Waals surface area (Å²) < 4.78 is 1.79. The minimum atomic E-state index is -0.283. The fourth-order valence-electron chi connectivity index (χ4n) is 5.42. The second kappa shape index (κ2) is 11.7. The second-order valence-corrected chi connectivity index (χ2v) is 11.3. The van der Waals surface area contributed by atoms with E-state index >= 15 is 0 Å². The quantitative estimate of drug-likeness (QED) is 0.397. The zero-order chi connectivity index (χ0) is 28.4. The third kappa shape index (κ3) is 6.47. The summed E-state index contributed by atoms with van der Waals surface area (Å²) in [7, 11) is 1.91. The molecule has 3 aromatic heterocycles. The van der Waals surface area contributed by atoms with E-state index in [4.69, 9.17) is 0 Å². The van der Waals surface area contributed by atoms with Gasteiger partial charge < -0.3 is 10.6 Å². The number of nitrogens with one attached hydrogen (secondary N) is 2. The minimum Gasteiger partial charge on any atom is -0.324 e. The number of aryl methyl sites for hydroxylation is 3. The third-order valence-corrected chi connectivity index (χ3v) is 8.24. The molecule has 1 aliphatic heterocycles. The van der Waals surface area contributed by atoms with Gasteiger partial charge in [0.1, 0.15) is 0 Å². The average molecular weight is 542 g/mol. The predicted molar refractivity (Wildman–Crippen MR) is 158 cm³/mol. The minimum absolute atomic E-state index is 0.0630. The molecule has 4 heterocycles. The molecule has 1 saturated heterocycles. The highest BCUT2D eigenvalue weighted by molar-refractivity contribution is 6.05. The van der Waals surface area contributed by atoms with Crippen molar-refractivity contribution in [2.24, 2.45) is 24.8 Å². The number of hydrogen-bond acceptors (Lipinski definition) is 6. The third-order valence-electron chi connectivity index (χ3n) is 8.24. The number of nitrogens with zero attached hydrogens (tertiary/aromatic N) is 5. The van der Waals surface area contributed by atoms with Gasteiger partial charge in [-0.05, 0) is 86.8 Å².